The topological polar surface area (TPSA) is 9.23 Å². The fourth-order valence-electron chi connectivity index (χ4n) is 3.98. The molecule has 2 aliphatic carbocycles. The Kier molecular flexibility index (Phi) is 4.49. The highest BCUT2D eigenvalue weighted by atomic mass is 35.5. The molecular weight excluding hydrogens is 280 g/mol. The molecule has 0 aliphatic heterocycles. The van der Waals surface area contributed by atoms with Gasteiger partial charge in [-0.15, -0.1) is 11.6 Å². The van der Waals surface area contributed by atoms with Crippen LogP contribution in [0.2, 0.25) is 0 Å². The molecule has 2 atom stereocenters. The van der Waals surface area contributed by atoms with E-state index in [1.54, 1.807) is 0 Å². The highest BCUT2D eigenvalue weighted by Crippen LogP contribution is 2.55. The van der Waals surface area contributed by atoms with Crippen molar-refractivity contribution in [1.82, 2.24) is 0 Å². The lowest BCUT2D eigenvalue weighted by Crippen LogP contribution is -2.57. The van der Waals surface area contributed by atoms with Gasteiger partial charge in [-0.05, 0) is 36.5 Å². The normalized spacial score (nSPS) is 28.2. The molecule has 2 fully saturated rings. The van der Waals surface area contributed by atoms with Crippen LogP contribution in [0.15, 0.2) is 24.3 Å². The SMILES string of the molecule is CC(C)c1ccc(OC2CC(Cl)C23CCCCCC3)cc1. The van der Waals surface area contributed by atoms with Crippen LogP contribution in [-0.4, -0.2) is 11.5 Å². The minimum Gasteiger partial charge on any atom is -0.490 e. The highest BCUT2D eigenvalue weighted by Gasteiger charge is 2.55. The first-order valence-electron chi connectivity index (χ1n) is 8.52. The summed E-state index contributed by atoms with van der Waals surface area (Å²) in [6.07, 6.45) is 9.18. The minimum absolute atomic E-state index is 0.245. The lowest BCUT2D eigenvalue weighted by molar-refractivity contribution is -0.0512. The Morgan fingerprint density at radius 1 is 1.05 bits per heavy atom. The summed E-state index contributed by atoms with van der Waals surface area (Å²) in [5.41, 5.74) is 1.62. The van der Waals surface area contributed by atoms with Crippen LogP contribution in [-0.2, 0) is 0 Å². The maximum absolute atomic E-state index is 6.60. The molecular formula is C19H27ClO. The van der Waals surface area contributed by atoms with Gasteiger partial charge in [-0.25, -0.2) is 0 Å². The molecule has 0 N–H and O–H groups in total. The summed E-state index contributed by atoms with van der Waals surface area (Å²) < 4.78 is 6.32. The average molecular weight is 307 g/mol. The Balaban J connectivity index is 1.69. The molecule has 1 nitrogen and oxygen atoms in total. The number of halogens is 1. The second-order valence-electron chi connectivity index (χ2n) is 7.18. The Bertz CT molecular complexity index is 457. The maximum Gasteiger partial charge on any atom is 0.119 e. The van der Waals surface area contributed by atoms with Crippen molar-refractivity contribution in [2.45, 2.75) is 76.2 Å². The van der Waals surface area contributed by atoms with Crippen LogP contribution in [0.1, 0.15) is 70.3 Å². The molecule has 116 valence electrons. The molecule has 0 amide bonds. The zero-order valence-electron chi connectivity index (χ0n) is 13.3. The van der Waals surface area contributed by atoms with Gasteiger partial charge in [-0.3, -0.25) is 0 Å². The summed E-state index contributed by atoms with van der Waals surface area (Å²) in [5.74, 6) is 1.58. The van der Waals surface area contributed by atoms with Gasteiger partial charge < -0.3 is 4.74 Å². The summed E-state index contributed by atoms with van der Waals surface area (Å²) in [4.78, 5) is 0. The summed E-state index contributed by atoms with van der Waals surface area (Å²) in [5, 5.41) is 0.315. The van der Waals surface area contributed by atoms with Crippen LogP contribution in [0.4, 0.5) is 0 Å². The molecule has 0 bridgehead atoms. The number of hydrogen-bond acceptors (Lipinski definition) is 1. The predicted molar refractivity (Wildman–Crippen MR) is 89.3 cm³/mol. The fraction of sp³-hybridized carbons (Fsp3) is 0.684. The first-order chi connectivity index (χ1) is 10.1. The quantitative estimate of drug-likeness (QED) is 0.631. The van der Waals surface area contributed by atoms with E-state index >= 15 is 0 Å². The monoisotopic (exact) mass is 306 g/mol. The molecule has 2 aliphatic rings. The summed E-state index contributed by atoms with van der Waals surface area (Å²) in [6, 6.07) is 8.63. The van der Waals surface area contributed by atoms with Crippen LogP contribution < -0.4 is 4.74 Å². The van der Waals surface area contributed by atoms with Crippen LogP contribution in [0.3, 0.4) is 0 Å². The van der Waals surface area contributed by atoms with E-state index in [2.05, 4.69) is 38.1 Å². The van der Waals surface area contributed by atoms with Crippen LogP contribution in [0.5, 0.6) is 5.75 Å². The average Bonchev–Trinajstić information content (AvgIpc) is 2.75. The zero-order valence-corrected chi connectivity index (χ0v) is 14.0. The number of hydrogen-bond donors (Lipinski definition) is 0. The van der Waals surface area contributed by atoms with Gasteiger partial charge in [-0.2, -0.15) is 0 Å². The standard InChI is InChI=1S/C19H27ClO/c1-14(2)15-7-9-16(10-8-15)21-18-13-17(20)19(18)11-5-3-4-6-12-19/h7-10,14,17-18H,3-6,11-13H2,1-2H3. The molecule has 2 heteroatoms. The molecule has 1 spiro atoms. The second-order valence-corrected chi connectivity index (χ2v) is 7.71. The van der Waals surface area contributed by atoms with Crippen molar-refractivity contribution in [3.05, 3.63) is 29.8 Å². The third kappa shape index (κ3) is 2.95. The molecule has 0 radical (unpaired) electrons. The largest absolute Gasteiger partial charge is 0.490 e. The number of benzene rings is 1. The number of ether oxygens (including phenoxy) is 1. The molecule has 2 saturated carbocycles. The Hall–Kier alpha value is -0.690. The molecule has 1 aromatic carbocycles. The third-order valence-electron chi connectivity index (χ3n) is 5.55. The van der Waals surface area contributed by atoms with Crippen LogP contribution in [0.25, 0.3) is 0 Å². The van der Waals surface area contributed by atoms with E-state index in [4.69, 9.17) is 16.3 Å². The summed E-state index contributed by atoms with van der Waals surface area (Å²) in [7, 11) is 0. The van der Waals surface area contributed by atoms with Gasteiger partial charge in [0.25, 0.3) is 0 Å². The third-order valence-corrected chi connectivity index (χ3v) is 6.16. The highest BCUT2D eigenvalue weighted by molar-refractivity contribution is 6.21. The van der Waals surface area contributed by atoms with Crippen molar-refractivity contribution in [3.63, 3.8) is 0 Å². The number of alkyl halides is 1. The predicted octanol–water partition coefficient (Wildman–Crippen LogP) is 5.91. The van der Waals surface area contributed by atoms with E-state index in [-0.39, 0.29) is 5.41 Å². The van der Waals surface area contributed by atoms with Crippen molar-refractivity contribution >= 4 is 11.6 Å². The van der Waals surface area contributed by atoms with E-state index in [0.29, 0.717) is 17.4 Å². The van der Waals surface area contributed by atoms with Gasteiger partial charge in [0.1, 0.15) is 11.9 Å². The minimum atomic E-state index is 0.245. The fourth-order valence-corrected chi connectivity index (χ4v) is 4.50. The van der Waals surface area contributed by atoms with E-state index in [1.807, 2.05) is 0 Å². The number of rotatable bonds is 3. The smallest absolute Gasteiger partial charge is 0.119 e. The zero-order chi connectivity index (χ0) is 14.9. The van der Waals surface area contributed by atoms with Crippen molar-refractivity contribution in [3.8, 4) is 5.75 Å². The van der Waals surface area contributed by atoms with Gasteiger partial charge in [0.2, 0.25) is 0 Å². The molecule has 3 rings (SSSR count). The lowest BCUT2D eigenvalue weighted by Gasteiger charge is -2.53. The summed E-state index contributed by atoms with van der Waals surface area (Å²) >= 11 is 6.60. The Morgan fingerprint density at radius 3 is 2.19 bits per heavy atom. The molecule has 1 aromatic rings. The van der Waals surface area contributed by atoms with Crippen molar-refractivity contribution in [2.75, 3.05) is 0 Å². The van der Waals surface area contributed by atoms with Gasteiger partial charge in [0, 0.05) is 17.2 Å². The van der Waals surface area contributed by atoms with E-state index in [9.17, 15) is 0 Å². The first-order valence-corrected chi connectivity index (χ1v) is 8.96. The molecule has 0 aromatic heterocycles. The van der Waals surface area contributed by atoms with Gasteiger partial charge in [0.05, 0.1) is 0 Å². The van der Waals surface area contributed by atoms with Gasteiger partial charge >= 0.3 is 0 Å². The van der Waals surface area contributed by atoms with Gasteiger partial charge in [-0.1, -0.05) is 51.7 Å². The first kappa shape index (κ1) is 15.2. The van der Waals surface area contributed by atoms with E-state index < -0.39 is 0 Å². The van der Waals surface area contributed by atoms with Crippen LogP contribution in [0, 0.1) is 5.41 Å². The van der Waals surface area contributed by atoms with Crippen molar-refractivity contribution in [1.29, 1.82) is 0 Å². The molecule has 21 heavy (non-hydrogen) atoms. The van der Waals surface area contributed by atoms with E-state index in [1.165, 1.54) is 44.1 Å². The Labute approximate surface area is 134 Å². The summed E-state index contributed by atoms with van der Waals surface area (Å²) in [6.45, 7) is 4.45. The van der Waals surface area contributed by atoms with Crippen LogP contribution >= 0.6 is 11.6 Å². The Morgan fingerprint density at radius 2 is 1.67 bits per heavy atom. The second kappa shape index (κ2) is 6.20. The maximum atomic E-state index is 6.60. The van der Waals surface area contributed by atoms with E-state index in [0.717, 1.165) is 12.2 Å². The molecule has 0 saturated heterocycles. The van der Waals surface area contributed by atoms with Crippen molar-refractivity contribution in [2.24, 2.45) is 5.41 Å². The van der Waals surface area contributed by atoms with Crippen molar-refractivity contribution < 1.29 is 4.74 Å². The molecule has 2 unspecified atom stereocenters. The molecule has 0 heterocycles. The lowest BCUT2D eigenvalue weighted by atomic mass is 9.61. The van der Waals surface area contributed by atoms with Gasteiger partial charge in [0.15, 0.2) is 0 Å².